The number of hydrogen-bond donors (Lipinski definition) is 0. The number of ether oxygens (including phenoxy) is 4. The molecule has 1 aliphatic rings. The summed E-state index contributed by atoms with van der Waals surface area (Å²) < 4.78 is 19.9. The molecule has 2 rings (SSSR count). The van der Waals surface area contributed by atoms with Crippen LogP contribution in [-0.2, 0) is 28.5 Å². The standard InChI is InChI=1S/C14H14O6/c1-17-12(15)11(13(16)18-2)14-19-8-10(20-14)9-6-4-3-5-7-9/h3-8,11,14H,1-2H3. The number of carbonyl (C=O) groups is 2. The second-order valence-electron chi connectivity index (χ2n) is 3.99. The first kappa shape index (κ1) is 13.9. The van der Waals surface area contributed by atoms with Gasteiger partial charge in [0.15, 0.2) is 5.76 Å². The summed E-state index contributed by atoms with van der Waals surface area (Å²) >= 11 is 0. The van der Waals surface area contributed by atoms with Crippen LogP contribution in [0, 0.1) is 5.92 Å². The van der Waals surface area contributed by atoms with Gasteiger partial charge in [-0.25, -0.2) is 0 Å². The highest BCUT2D eigenvalue weighted by Gasteiger charge is 2.42. The van der Waals surface area contributed by atoms with Crippen molar-refractivity contribution in [3.8, 4) is 0 Å². The monoisotopic (exact) mass is 278 g/mol. The Labute approximate surface area is 115 Å². The first-order chi connectivity index (χ1) is 9.67. The summed E-state index contributed by atoms with van der Waals surface area (Å²) in [5.74, 6) is -2.40. The lowest BCUT2D eigenvalue weighted by Gasteiger charge is -2.18. The molecule has 0 bridgehead atoms. The summed E-state index contributed by atoms with van der Waals surface area (Å²) in [5, 5.41) is 0. The van der Waals surface area contributed by atoms with Crippen molar-refractivity contribution in [3.05, 3.63) is 42.2 Å². The van der Waals surface area contributed by atoms with E-state index in [2.05, 4.69) is 9.47 Å². The minimum atomic E-state index is -1.29. The summed E-state index contributed by atoms with van der Waals surface area (Å²) in [6.45, 7) is 0. The molecule has 0 aromatic heterocycles. The molecule has 1 heterocycles. The van der Waals surface area contributed by atoms with Crippen LogP contribution in [0.2, 0.25) is 0 Å². The Balaban J connectivity index is 2.12. The predicted molar refractivity (Wildman–Crippen MR) is 67.9 cm³/mol. The third kappa shape index (κ3) is 2.74. The molecular weight excluding hydrogens is 264 g/mol. The normalized spacial score (nSPS) is 16.9. The highest BCUT2D eigenvalue weighted by molar-refractivity contribution is 5.95. The molecule has 0 N–H and O–H groups in total. The zero-order chi connectivity index (χ0) is 14.5. The van der Waals surface area contributed by atoms with Crippen LogP contribution in [0.1, 0.15) is 5.56 Å². The first-order valence-electron chi connectivity index (χ1n) is 5.90. The van der Waals surface area contributed by atoms with Gasteiger partial charge in [0.25, 0.3) is 6.29 Å². The van der Waals surface area contributed by atoms with Gasteiger partial charge in [-0.15, -0.1) is 0 Å². The quantitative estimate of drug-likeness (QED) is 0.611. The van der Waals surface area contributed by atoms with Gasteiger partial charge in [-0.05, 0) is 0 Å². The molecule has 0 amide bonds. The van der Waals surface area contributed by atoms with Gasteiger partial charge in [0.2, 0.25) is 5.92 Å². The fourth-order valence-electron chi connectivity index (χ4n) is 1.77. The lowest BCUT2D eigenvalue weighted by Crippen LogP contribution is -2.37. The van der Waals surface area contributed by atoms with Crippen molar-refractivity contribution in [1.82, 2.24) is 0 Å². The van der Waals surface area contributed by atoms with E-state index >= 15 is 0 Å². The van der Waals surface area contributed by atoms with Gasteiger partial charge in [-0.2, -0.15) is 0 Å². The van der Waals surface area contributed by atoms with Crippen molar-refractivity contribution in [2.75, 3.05) is 14.2 Å². The van der Waals surface area contributed by atoms with Crippen LogP contribution in [0.5, 0.6) is 0 Å². The van der Waals surface area contributed by atoms with Crippen molar-refractivity contribution < 1.29 is 28.5 Å². The summed E-state index contributed by atoms with van der Waals surface area (Å²) in [7, 11) is 2.36. The molecule has 1 aromatic carbocycles. The second-order valence-corrected chi connectivity index (χ2v) is 3.99. The Kier molecular flexibility index (Phi) is 4.24. The maximum atomic E-state index is 11.6. The van der Waals surface area contributed by atoms with Gasteiger partial charge in [-0.1, -0.05) is 30.3 Å². The summed E-state index contributed by atoms with van der Waals surface area (Å²) in [4.78, 5) is 23.3. The fourth-order valence-corrected chi connectivity index (χ4v) is 1.77. The van der Waals surface area contributed by atoms with Gasteiger partial charge in [0, 0.05) is 5.56 Å². The zero-order valence-electron chi connectivity index (χ0n) is 11.1. The predicted octanol–water partition coefficient (Wildman–Crippen LogP) is 1.32. The Hall–Kier alpha value is -2.50. The average molecular weight is 278 g/mol. The molecule has 0 saturated carbocycles. The van der Waals surface area contributed by atoms with Crippen molar-refractivity contribution in [2.45, 2.75) is 6.29 Å². The highest BCUT2D eigenvalue weighted by Crippen LogP contribution is 2.29. The first-order valence-corrected chi connectivity index (χ1v) is 5.90. The molecule has 0 saturated heterocycles. The van der Waals surface area contributed by atoms with Crippen LogP contribution in [-0.4, -0.2) is 32.4 Å². The Morgan fingerprint density at radius 3 is 2.25 bits per heavy atom. The lowest BCUT2D eigenvalue weighted by atomic mass is 10.1. The number of rotatable bonds is 4. The number of hydrogen-bond acceptors (Lipinski definition) is 6. The summed E-state index contributed by atoms with van der Waals surface area (Å²) in [5.41, 5.74) is 0.781. The van der Waals surface area contributed by atoms with Crippen molar-refractivity contribution in [2.24, 2.45) is 5.92 Å². The van der Waals surface area contributed by atoms with Gasteiger partial charge in [0.1, 0.15) is 6.26 Å². The zero-order valence-corrected chi connectivity index (χ0v) is 11.1. The SMILES string of the molecule is COC(=O)C(C(=O)OC)C1OC=C(c2ccccc2)O1. The van der Waals surface area contributed by atoms with E-state index in [0.717, 1.165) is 5.56 Å². The van der Waals surface area contributed by atoms with Crippen molar-refractivity contribution in [3.63, 3.8) is 0 Å². The summed E-state index contributed by atoms with van der Waals surface area (Å²) in [6, 6.07) is 9.19. The van der Waals surface area contributed by atoms with E-state index < -0.39 is 24.1 Å². The molecule has 6 heteroatoms. The van der Waals surface area contributed by atoms with Crippen molar-refractivity contribution in [1.29, 1.82) is 0 Å². The van der Waals surface area contributed by atoms with E-state index in [0.29, 0.717) is 5.76 Å². The molecular formula is C14H14O6. The molecule has 0 spiro atoms. The van der Waals surface area contributed by atoms with Crippen LogP contribution in [0.4, 0.5) is 0 Å². The van der Waals surface area contributed by atoms with E-state index in [9.17, 15) is 9.59 Å². The third-order valence-electron chi connectivity index (χ3n) is 2.79. The highest BCUT2D eigenvalue weighted by atomic mass is 16.7. The molecule has 20 heavy (non-hydrogen) atoms. The number of benzene rings is 1. The average Bonchev–Trinajstić information content (AvgIpc) is 2.97. The van der Waals surface area contributed by atoms with Gasteiger partial charge < -0.3 is 18.9 Å². The second kappa shape index (κ2) is 6.10. The molecule has 1 aromatic rings. The minimum absolute atomic E-state index is 0.438. The van der Waals surface area contributed by atoms with Crippen LogP contribution >= 0.6 is 0 Å². The number of methoxy groups -OCH3 is 2. The molecule has 106 valence electrons. The van der Waals surface area contributed by atoms with Gasteiger partial charge in [0.05, 0.1) is 14.2 Å². The maximum absolute atomic E-state index is 11.6. The lowest BCUT2D eigenvalue weighted by molar-refractivity contribution is -0.174. The van der Waals surface area contributed by atoms with E-state index in [-0.39, 0.29) is 0 Å². The summed E-state index contributed by atoms with van der Waals surface area (Å²) in [6.07, 6.45) is 0.268. The Morgan fingerprint density at radius 1 is 1.10 bits per heavy atom. The molecule has 1 atom stereocenters. The van der Waals surface area contributed by atoms with Gasteiger partial charge in [-0.3, -0.25) is 9.59 Å². The largest absolute Gasteiger partial charge is 0.468 e. The van der Waals surface area contributed by atoms with Crippen LogP contribution < -0.4 is 0 Å². The maximum Gasteiger partial charge on any atom is 0.327 e. The third-order valence-corrected chi connectivity index (χ3v) is 2.79. The van der Waals surface area contributed by atoms with E-state index in [1.54, 1.807) is 0 Å². The molecule has 1 aliphatic heterocycles. The molecule has 0 aliphatic carbocycles. The molecule has 0 fully saturated rings. The molecule has 1 unspecified atom stereocenters. The Morgan fingerprint density at radius 2 is 1.70 bits per heavy atom. The van der Waals surface area contributed by atoms with Crippen LogP contribution in [0.25, 0.3) is 5.76 Å². The van der Waals surface area contributed by atoms with E-state index in [1.807, 2.05) is 30.3 Å². The number of esters is 2. The van der Waals surface area contributed by atoms with Crippen molar-refractivity contribution >= 4 is 17.7 Å². The van der Waals surface area contributed by atoms with E-state index in [1.165, 1.54) is 20.5 Å². The fraction of sp³-hybridized carbons (Fsp3) is 0.286. The molecule has 6 nitrogen and oxygen atoms in total. The number of carbonyl (C=O) groups excluding carboxylic acids is 2. The van der Waals surface area contributed by atoms with Crippen LogP contribution in [0.15, 0.2) is 36.6 Å². The Bertz CT molecular complexity index is 506. The topological polar surface area (TPSA) is 71.1 Å². The van der Waals surface area contributed by atoms with E-state index in [4.69, 9.17) is 9.47 Å². The van der Waals surface area contributed by atoms with Gasteiger partial charge >= 0.3 is 11.9 Å². The minimum Gasteiger partial charge on any atom is -0.468 e. The van der Waals surface area contributed by atoms with Crippen LogP contribution in [0.3, 0.4) is 0 Å². The smallest absolute Gasteiger partial charge is 0.327 e. The molecule has 0 radical (unpaired) electrons.